The fraction of sp³-hybridized carbons (Fsp3) is 0.818. The second-order valence-electron chi connectivity index (χ2n) is 4.55. The van der Waals surface area contributed by atoms with Crippen LogP contribution in [0.2, 0.25) is 0 Å². The summed E-state index contributed by atoms with van der Waals surface area (Å²) in [5.41, 5.74) is 5.86. The van der Waals surface area contributed by atoms with E-state index in [-0.39, 0.29) is 0 Å². The van der Waals surface area contributed by atoms with Gasteiger partial charge in [0.25, 0.3) is 0 Å². The third kappa shape index (κ3) is 3.28. The molecule has 0 saturated heterocycles. The molecule has 0 radical (unpaired) electrons. The summed E-state index contributed by atoms with van der Waals surface area (Å²) in [7, 11) is 0. The highest BCUT2D eigenvalue weighted by atomic mass is 16.5. The largest absolute Gasteiger partial charge is 0.339 e. The molecule has 5 nitrogen and oxygen atoms in total. The van der Waals surface area contributed by atoms with Gasteiger partial charge in [-0.15, -0.1) is 0 Å². The van der Waals surface area contributed by atoms with Crippen LogP contribution in [0.25, 0.3) is 0 Å². The summed E-state index contributed by atoms with van der Waals surface area (Å²) in [6, 6.07) is 1.03. The van der Waals surface area contributed by atoms with Crippen LogP contribution in [0, 0.1) is 6.92 Å². The first-order chi connectivity index (χ1) is 7.74. The molecule has 1 aromatic rings. The van der Waals surface area contributed by atoms with Gasteiger partial charge in [0, 0.05) is 25.0 Å². The fourth-order valence-corrected chi connectivity index (χ4v) is 2.15. The van der Waals surface area contributed by atoms with Gasteiger partial charge in [0.1, 0.15) is 0 Å². The van der Waals surface area contributed by atoms with Crippen LogP contribution in [-0.2, 0) is 6.42 Å². The smallest absolute Gasteiger partial charge is 0.227 e. The maximum Gasteiger partial charge on any atom is 0.227 e. The number of nitrogens with one attached hydrogen (secondary N) is 1. The Morgan fingerprint density at radius 1 is 1.38 bits per heavy atom. The molecule has 0 unspecified atom stereocenters. The molecule has 16 heavy (non-hydrogen) atoms. The zero-order chi connectivity index (χ0) is 11.4. The van der Waals surface area contributed by atoms with E-state index in [2.05, 4.69) is 15.5 Å². The predicted molar refractivity (Wildman–Crippen MR) is 61.0 cm³/mol. The van der Waals surface area contributed by atoms with Gasteiger partial charge < -0.3 is 15.6 Å². The molecule has 0 spiro atoms. The summed E-state index contributed by atoms with van der Waals surface area (Å²) in [5, 5.41) is 7.28. The number of hydrogen-bond donors (Lipinski definition) is 2. The van der Waals surface area contributed by atoms with E-state index in [1.165, 1.54) is 12.8 Å². The second kappa shape index (κ2) is 5.41. The van der Waals surface area contributed by atoms with Gasteiger partial charge in [-0.25, -0.2) is 0 Å². The Labute approximate surface area is 95.8 Å². The SMILES string of the molecule is Cc1noc(CCNC2CCC(N)CC2)n1. The highest BCUT2D eigenvalue weighted by Crippen LogP contribution is 2.16. The molecule has 1 aromatic heterocycles. The molecule has 0 bridgehead atoms. The van der Waals surface area contributed by atoms with Crippen LogP contribution >= 0.6 is 0 Å². The van der Waals surface area contributed by atoms with E-state index in [4.69, 9.17) is 10.3 Å². The number of nitrogens with zero attached hydrogens (tertiary/aromatic N) is 2. The van der Waals surface area contributed by atoms with Crippen LogP contribution in [0.5, 0.6) is 0 Å². The van der Waals surface area contributed by atoms with Crippen LogP contribution in [0.3, 0.4) is 0 Å². The van der Waals surface area contributed by atoms with Gasteiger partial charge in [0.05, 0.1) is 0 Å². The van der Waals surface area contributed by atoms with Crippen molar-refractivity contribution in [2.45, 2.75) is 51.1 Å². The number of nitrogens with two attached hydrogens (primary N) is 1. The highest BCUT2D eigenvalue weighted by molar-refractivity contribution is 4.85. The van der Waals surface area contributed by atoms with Crippen LogP contribution in [0.4, 0.5) is 0 Å². The van der Waals surface area contributed by atoms with E-state index in [9.17, 15) is 0 Å². The lowest BCUT2D eigenvalue weighted by atomic mass is 9.92. The average molecular weight is 224 g/mol. The Morgan fingerprint density at radius 3 is 2.75 bits per heavy atom. The number of rotatable bonds is 4. The molecule has 1 saturated carbocycles. The summed E-state index contributed by atoms with van der Waals surface area (Å²) in [5.74, 6) is 1.43. The van der Waals surface area contributed by atoms with Gasteiger partial charge in [-0.1, -0.05) is 5.16 Å². The summed E-state index contributed by atoms with van der Waals surface area (Å²) in [4.78, 5) is 4.17. The fourth-order valence-electron chi connectivity index (χ4n) is 2.15. The normalized spacial score (nSPS) is 25.9. The van der Waals surface area contributed by atoms with E-state index in [0.29, 0.717) is 17.9 Å². The van der Waals surface area contributed by atoms with Crippen molar-refractivity contribution in [3.05, 3.63) is 11.7 Å². The molecule has 0 atom stereocenters. The van der Waals surface area contributed by atoms with Crippen LogP contribution in [0.1, 0.15) is 37.4 Å². The molecule has 2 rings (SSSR count). The number of aromatic nitrogens is 2. The predicted octanol–water partition coefficient (Wildman–Crippen LogP) is 0.780. The molecular weight excluding hydrogens is 204 g/mol. The summed E-state index contributed by atoms with van der Waals surface area (Å²) in [6.07, 6.45) is 5.45. The van der Waals surface area contributed by atoms with Crippen molar-refractivity contribution in [3.8, 4) is 0 Å². The van der Waals surface area contributed by atoms with Crippen molar-refractivity contribution in [2.75, 3.05) is 6.54 Å². The summed E-state index contributed by atoms with van der Waals surface area (Å²) in [6.45, 7) is 2.74. The number of aryl methyl sites for hydroxylation is 1. The van der Waals surface area contributed by atoms with Gasteiger partial charge in [-0.3, -0.25) is 0 Å². The van der Waals surface area contributed by atoms with Gasteiger partial charge in [-0.05, 0) is 32.6 Å². The lowest BCUT2D eigenvalue weighted by Gasteiger charge is -2.26. The monoisotopic (exact) mass is 224 g/mol. The Kier molecular flexibility index (Phi) is 3.90. The first-order valence-electron chi connectivity index (χ1n) is 6.02. The first-order valence-corrected chi connectivity index (χ1v) is 6.02. The lowest BCUT2D eigenvalue weighted by molar-refractivity contribution is 0.332. The average Bonchev–Trinajstić information content (AvgIpc) is 2.67. The maximum absolute atomic E-state index is 5.86. The van der Waals surface area contributed by atoms with E-state index >= 15 is 0 Å². The van der Waals surface area contributed by atoms with E-state index in [1.54, 1.807) is 0 Å². The zero-order valence-electron chi connectivity index (χ0n) is 9.78. The minimum atomic E-state index is 0.414. The van der Waals surface area contributed by atoms with E-state index in [1.807, 2.05) is 6.92 Å². The van der Waals surface area contributed by atoms with Crippen LogP contribution in [0.15, 0.2) is 4.52 Å². The minimum Gasteiger partial charge on any atom is -0.339 e. The molecule has 0 aromatic carbocycles. The van der Waals surface area contributed by atoms with E-state index < -0.39 is 0 Å². The first kappa shape index (κ1) is 11.5. The standard InChI is InChI=1S/C11H20N4O/c1-8-14-11(16-15-8)6-7-13-10-4-2-9(12)3-5-10/h9-10,13H,2-7,12H2,1H3. The molecule has 1 fully saturated rings. The molecular formula is C11H20N4O. The molecule has 1 aliphatic rings. The Balaban J connectivity index is 1.64. The Hall–Kier alpha value is -0.940. The van der Waals surface area contributed by atoms with Gasteiger partial charge in [0.15, 0.2) is 5.82 Å². The minimum absolute atomic E-state index is 0.414. The molecule has 1 heterocycles. The highest BCUT2D eigenvalue weighted by Gasteiger charge is 2.17. The van der Waals surface area contributed by atoms with Crippen LogP contribution in [-0.4, -0.2) is 28.8 Å². The third-order valence-corrected chi connectivity index (χ3v) is 3.11. The van der Waals surface area contributed by atoms with Crippen molar-refractivity contribution < 1.29 is 4.52 Å². The summed E-state index contributed by atoms with van der Waals surface area (Å²) >= 11 is 0. The summed E-state index contributed by atoms with van der Waals surface area (Å²) < 4.78 is 5.05. The molecule has 3 N–H and O–H groups in total. The molecule has 0 amide bonds. The molecule has 0 aliphatic heterocycles. The van der Waals surface area contributed by atoms with Gasteiger partial charge in [-0.2, -0.15) is 4.98 Å². The molecule has 90 valence electrons. The maximum atomic E-state index is 5.86. The molecule has 5 heteroatoms. The van der Waals surface area contributed by atoms with Crippen LogP contribution < -0.4 is 11.1 Å². The second-order valence-corrected chi connectivity index (χ2v) is 4.55. The topological polar surface area (TPSA) is 77.0 Å². The Bertz CT molecular complexity index is 318. The zero-order valence-corrected chi connectivity index (χ0v) is 9.78. The van der Waals surface area contributed by atoms with Crippen molar-refractivity contribution in [1.29, 1.82) is 0 Å². The number of hydrogen-bond acceptors (Lipinski definition) is 5. The van der Waals surface area contributed by atoms with Gasteiger partial charge >= 0.3 is 0 Å². The van der Waals surface area contributed by atoms with Crippen molar-refractivity contribution in [3.63, 3.8) is 0 Å². The third-order valence-electron chi connectivity index (χ3n) is 3.11. The van der Waals surface area contributed by atoms with Crippen molar-refractivity contribution >= 4 is 0 Å². The Morgan fingerprint density at radius 2 is 2.12 bits per heavy atom. The van der Waals surface area contributed by atoms with Crippen molar-refractivity contribution in [2.24, 2.45) is 5.73 Å². The van der Waals surface area contributed by atoms with E-state index in [0.717, 1.165) is 31.7 Å². The quantitative estimate of drug-likeness (QED) is 0.790. The lowest BCUT2D eigenvalue weighted by Crippen LogP contribution is -2.38. The van der Waals surface area contributed by atoms with Crippen molar-refractivity contribution in [1.82, 2.24) is 15.5 Å². The van der Waals surface area contributed by atoms with Gasteiger partial charge in [0.2, 0.25) is 5.89 Å². The molecule has 1 aliphatic carbocycles.